The van der Waals surface area contributed by atoms with E-state index < -0.39 is 0 Å². The van der Waals surface area contributed by atoms with Crippen molar-refractivity contribution in [2.45, 2.75) is 38.6 Å². The van der Waals surface area contributed by atoms with Crippen molar-refractivity contribution >= 4 is 15.9 Å². The van der Waals surface area contributed by atoms with Crippen LogP contribution in [0.15, 0.2) is 22.7 Å². The summed E-state index contributed by atoms with van der Waals surface area (Å²) in [5.41, 5.74) is 9.12. The zero-order valence-electron chi connectivity index (χ0n) is 13.3. The third-order valence-corrected chi connectivity index (χ3v) is 5.28. The van der Waals surface area contributed by atoms with Crippen LogP contribution in [0.2, 0.25) is 0 Å². The monoisotopic (exact) mass is 353 g/mol. The molecular weight excluding hydrogens is 326 g/mol. The van der Waals surface area contributed by atoms with Crippen LogP contribution < -0.4 is 11.1 Å². The SMILES string of the molecule is CCN(CC)CCNC1(CN)CCc2cc(Br)ccc2C1. The molecule has 1 aliphatic carbocycles. The molecule has 0 saturated carbocycles. The van der Waals surface area contributed by atoms with Crippen molar-refractivity contribution in [1.29, 1.82) is 0 Å². The number of hydrogen-bond donors (Lipinski definition) is 2. The minimum Gasteiger partial charge on any atom is -0.329 e. The molecule has 0 amide bonds. The van der Waals surface area contributed by atoms with Crippen LogP contribution in [-0.2, 0) is 12.8 Å². The van der Waals surface area contributed by atoms with Crippen molar-refractivity contribution in [3.05, 3.63) is 33.8 Å². The number of nitrogens with one attached hydrogen (secondary N) is 1. The number of nitrogens with zero attached hydrogens (tertiary/aromatic N) is 1. The fourth-order valence-corrected chi connectivity index (χ4v) is 3.65. The molecule has 1 atom stereocenters. The first-order valence-corrected chi connectivity index (χ1v) is 8.86. The van der Waals surface area contributed by atoms with Gasteiger partial charge in [0.2, 0.25) is 0 Å². The summed E-state index contributed by atoms with van der Waals surface area (Å²) in [6.45, 7) is 9.50. The number of aryl methyl sites for hydroxylation is 1. The minimum absolute atomic E-state index is 0.0774. The van der Waals surface area contributed by atoms with Crippen molar-refractivity contribution in [3.8, 4) is 0 Å². The van der Waals surface area contributed by atoms with Gasteiger partial charge >= 0.3 is 0 Å². The van der Waals surface area contributed by atoms with Crippen LogP contribution in [0.3, 0.4) is 0 Å². The normalized spacial score (nSPS) is 21.6. The Kier molecular flexibility index (Phi) is 6.23. The molecule has 0 aliphatic heterocycles. The Balaban J connectivity index is 1.98. The molecule has 3 N–H and O–H groups in total. The van der Waals surface area contributed by atoms with Gasteiger partial charge in [-0.2, -0.15) is 0 Å². The summed E-state index contributed by atoms with van der Waals surface area (Å²) in [5.74, 6) is 0. The van der Waals surface area contributed by atoms with Gasteiger partial charge in [0, 0.05) is 29.6 Å². The number of hydrogen-bond acceptors (Lipinski definition) is 3. The molecule has 2 rings (SSSR count). The number of likely N-dealkylation sites (N-methyl/N-ethyl adjacent to an activating group) is 1. The standard InChI is InChI=1S/C17H28BrN3/c1-3-21(4-2)10-9-20-17(13-19)8-7-14-11-16(18)6-5-15(14)12-17/h5-6,11,20H,3-4,7-10,12-13,19H2,1-2H3. The molecule has 0 heterocycles. The molecule has 1 aliphatic rings. The van der Waals surface area contributed by atoms with Crippen LogP contribution in [0.25, 0.3) is 0 Å². The topological polar surface area (TPSA) is 41.3 Å². The van der Waals surface area contributed by atoms with E-state index in [1.54, 1.807) is 0 Å². The lowest BCUT2D eigenvalue weighted by molar-refractivity contribution is 0.251. The highest BCUT2D eigenvalue weighted by Crippen LogP contribution is 2.30. The fourth-order valence-electron chi connectivity index (χ4n) is 3.24. The van der Waals surface area contributed by atoms with Gasteiger partial charge in [-0.1, -0.05) is 35.8 Å². The lowest BCUT2D eigenvalue weighted by Crippen LogP contribution is -2.56. The van der Waals surface area contributed by atoms with Gasteiger partial charge < -0.3 is 16.0 Å². The second-order valence-corrected chi connectivity index (χ2v) is 6.94. The quantitative estimate of drug-likeness (QED) is 0.791. The zero-order chi connectivity index (χ0) is 15.3. The number of halogens is 1. The summed E-state index contributed by atoms with van der Waals surface area (Å²) in [6.07, 6.45) is 3.29. The van der Waals surface area contributed by atoms with E-state index in [1.165, 1.54) is 15.6 Å². The predicted octanol–water partition coefficient (Wildman–Crippen LogP) is 2.57. The molecule has 1 unspecified atom stereocenters. The molecule has 118 valence electrons. The summed E-state index contributed by atoms with van der Waals surface area (Å²) in [4.78, 5) is 2.45. The Morgan fingerprint density at radius 2 is 2.05 bits per heavy atom. The smallest absolute Gasteiger partial charge is 0.0348 e. The molecule has 0 spiro atoms. The van der Waals surface area contributed by atoms with E-state index in [9.17, 15) is 0 Å². The van der Waals surface area contributed by atoms with Crippen molar-refractivity contribution in [2.24, 2.45) is 5.73 Å². The van der Waals surface area contributed by atoms with Gasteiger partial charge in [0.15, 0.2) is 0 Å². The van der Waals surface area contributed by atoms with E-state index in [1.807, 2.05) is 0 Å². The molecular formula is C17H28BrN3. The van der Waals surface area contributed by atoms with E-state index in [0.29, 0.717) is 6.54 Å². The van der Waals surface area contributed by atoms with E-state index in [2.05, 4.69) is 58.2 Å². The minimum atomic E-state index is 0.0774. The molecule has 0 bridgehead atoms. The van der Waals surface area contributed by atoms with Gasteiger partial charge in [-0.05, 0) is 55.6 Å². The van der Waals surface area contributed by atoms with E-state index in [4.69, 9.17) is 5.73 Å². The Labute approximate surface area is 137 Å². The maximum Gasteiger partial charge on any atom is 0.0348 e. The first-order chi connectivity index (χ1) is 10.1. The number of nitrogens with two attached hydrogens (primary N) is 1. The predicted molar refractivity (Wildman–Crippen MR) is 93.7 cm³/mol. The summed E-state index contributed by atoms with van der Waals surface area (Å²) >= 11 is 3.56. The van der Waals surface area contributed by atoms with E-state index >= 15 is 0 Å². The zero-order valence-corrected chi connectivity index (χ0v) is 14.9. The van der Waals surface area contributed by atoms with Crippen LogP contribution in [0.5, 0.6) is 0 Å². The van der Waals surface area contributed by atoms with E-state index in [0.717, 1.165) is 45.4 Å². The molecule has 4 heteroatoms. The van der Waals surface area contributed by atoms with Crippen molar-refractivity contribution in [1.82, 2.24) is 10.2 Å². The molecule has 0 aromatic heterocycles. The molecule has 0 saturated heterocycles. The maximum absolute atomic E-state index is 6.12. The van der Waals surface area contributed by atoms with Gasteiger partial charge in [0.05, 0.1) is 0 Å². The lowest BCUT2D eigenvalue weighted by Gasteiger charge is -2.39. The fraction of sp³-hybridized carbons (Fsp3) is 0.647. The Hall–Kier alpha value is -0.420. The van der Waals surface area contributed by atoms with E-state index in [-0.39, 0.29) is 5.54 Å². The molecule has 21 heavy (non-hydrogen) atoms. The Morgan fingerprint density at radius 3 is 2.71 bits per heavy atom. The third-order valence-electron chi connectivity index (χ3n) is 4.78. The highest BCUT2D eigenvalue weighted by Gasteiger charge is 2.32. The Bertz CT molecular complexity index is 459. The number of benzene rings is 1. The van der Waals surface area contributed by atoms with Gasteiger partial charge in [0.25, 0.3) is 0 Å². The second-order valence-electron chi connectivity index (χ2n) is 6.03. The summed E-state index contributed by atoms with van der Waals surface area (Å²) in [7, 11) is 0. The highest BCUT2D eigenvalue weighted by molar-refractivity contribution is 9.10. The van der Waals surface area contributed by atoms with Gasteiger partial charge in [0.1, 0.15) is 0 Å². The van der Waals surface area contributed by atoms with Crippen LogP contribution in [0, 0.1) is 0 Å². The van der Waals surface area contributed by atoms with Crippen LogP contribution >= 0.6 is 15.9 Å². The average molecular weight is 354 g/mol. The van der Waals surface area contributed by atoms with Crippen LogP contribution in [0.1, 0.15) is 31.4 Å². The largest absolute Gasteiger partial charge is 0.329 e. The van der Waals surface area contributed by atoms with Crippen molar-refractivity contribution in [2.75, 3.05) is 32.7 Å². The average Bonchev–Trinajstić information content (AvgIpc) is 2.52. The third kappa shape index (κ3) is 4.28. The van der Waals surface area contributed by atoms with Crippen LogP contribution in [-0.4, -0.2) is 43.2 Å². The first kappa shape index (κ1) is 16.9. The van der Waals surface area contributed by atoms with Gasteiger partial charge in [-0.15, -0.1) is 0 Å². The molecule has 0 radical (unpaired) electrons. The number of rotatable bonds is 7. The molecule has 1 aromatic carbocycles. The van der Waals surface area contributed by atoms with Crippen molar-refractivity contribution < 1.29 is 0 Å². The molecule has 1 aromatic rings. The van der Waals surface area contributed by atoms with Crippen LogP contribution in [0.4, 0.5) is 0 Å². The second kappa shape index (κ2) is 7.73. The van der Waals surface area contributed by atoms with Crippen molar-refractivity contribution in [3.63, 3.8) is 0 Å². The Morgan fingerprint density at radius 1 is 1.29 bits per heavy atom. The molecule has 0 fully saturated rings. The summed E-state index contributed by atoms with van der Waals surface area (Å²) < 4.78 is 1.18. The van der Waals surface area contributed by atoms with Gasteiger partial charge in [-0.3, -0.25) is 0 Å². The summed E-state index contributed by atoms with van der Waals surface area (Å²) in [5, 5.41) is 3.76. The molecule has 3 nitrogen and oxygen atoms in total. The first-order valence-electron chi connectivity index (χ1n) is 8.07. The van der Waals surface area contributed by atoms with Gasteiger partial charge in [-0.25, -0.2) is 0 Å². The summed E-state index contributed by atoms with van der Waals surface area (Å²) in [6, 6.07) is 6.64. The maximum atomic E-state index is 6.12. The number of fused-ring (bicyclic) bond motifs is 1. The highest BCUT2D eigenvalue weighted by atomic mass is 79.9. The lowest BCUT2D eigenvalue weighted by atomic mass is 9.78.